The van der Waals surface area contributed by atoms with Crippen molar-refractivity contribution < 1.29 is 23.9 Å². The van der Waals surface area contributed by atoms with Crippen molar-refractivity contribution in [3.8, 4) is 0 Å². The van der Waals surface area contributed by atoms with E-state index in [0.717, 1.165) is 11.0 Å². The molecule has 3 rings (SSSR count). The summed E-state index contributed by atoms with van der Waals surface area (Å²) in [4.78, 5) is 38.8. The van der Waals surface area contributed by atoms with Gasteiger partial charge >= 0.3 is 5.97 Å². The summed E-state index contributed by atoms with van der Waals surface area (Å²) in [7, 11) is 0. The second-order valence-corrected chi connectivity index (χ2v) is 6.44. The molecule has 1 aromatic carbocycles. The molecule has 2 aliphatic rings. The number of imide groups is 1. The lowest BCUT2D eigenvalue weighted by molar-refractivity contribution is -0.143. The Labute approximate surface area is 142 Å². The van der Waals surface area contributed by atoms with Gasteiger partial charge in [-0.2, -0.15) is 0 Å². The number of benzene rings is 1. The minimum absolute atomic E-state index is 0.0333. The fourth-order valence-corrected chi connectivity index (χ4v) is 3.43. The number of halogens is 2. The normalized spacial score (nSPS) is 23.1. The number of carboxylic acids is 1. The minimum Gasteiger partial charge on any atom is -0.481 e. The number of piperidine rings is 1. The van der Waals surface area contributed by atoms with Gasteiger partial charge in [-0.15, -0.1) is 0 Å². The van der Waals surface area contributed by atoms with Crippen LogP contribution in [0, 0.1) is 11.7 Å². The molecule has 0 radical (unpaired) electrons. The molecule has 0 aromatic heterocycles. The van der Waals surface area contributed by atoms with Gasteiger partial charge in [0.2, 0.25) is 5.91 Å². The zero-order valence-corrected chi connectivity index (χ0v) is 13.5. The molecular weight excluding hydrogens is 339 g/mol. The van der Waals surface area contributed by atoms with Crippen LogP contribution in [-0.4, -0.2) is 46.9 Å². The summed E-state index contributed by atoms with van der Waals surface area (Å²) in [5.74, 6) is -2.59. The minimum atomic E-state index is -0.828. The zero-order valence-electron chi connectivity index (χ0n) is 12.7. The van der Waals surface area contributed by atoms with Gasteiger partial charge in [0.15, 0.2) is 0 Å². The molecule has 0 spiro atoms. The fourth-order valence-electron chi connectivity index (χ4n) is 3.25. The first-order valence-electron chi connectivity index (χ1n) is 7.67. The Bertz CT molecular complexity index is 703. The maximum atomic E-state index is 13.3. The van der Waals surface area contributed by atoms with Crippen LogP contribution in [0.3, 0.4) is 0 Å². The summed E-state index contributed by atoms with van der Waals surface area (Å²) in [5, 5.41) is 8.88. The van der Waals surface area contributed by atoms with E-state index in [9.17, 15) is 18.8 Å². The number of anilines is 1. The fraction of sp³-hybridized carbons (Fsp3) is 0.438. The van der Waals surface area contributed by atoms with E-state index in [0.29, 0.717) is 25.9 Å². The van der Waals surface area contributed by atoms with Crippen LogP contribution in [0.4, 0.5) is 10.1 Å². The first kappa shape index (κ1) is 16.9. The Kier molecular flexibility index (Phi) is 4.56. The van der Waals surface area contributed by atoms with Gasteiger partial charge in [-0.1, -0.05) is 11.6 Å². The molecule has 8 heteroatoms. The van der Waals surface area contributed by atoms with Gasteiger partial charge in [0.1, 0.15) is 5.82 Å². The third-order valence-electron chi connectivity index (χ3n) is 4.60. The molecule has 2 aliphatic heterocycles. The number of hydrogen-bond donors (Lipinski definition) is 1. The van der Waals surface area contributed by atoms with Crippen LogP contribution in [0.1, 0.15) is 19.3 Å². The highest BCUT2D eigenvalue weighted by molar-refractivity contribution is 6.31. The molecule has 6 nitrogen and oxygen atoms in total. The van der Waals surface area contributed by atoms with Gasteiger partial charge in [0.25, 0.3) is 5.91 Å². The average Bonchev–Trinajstić information content (AvgIpc) is 2.85. The van der Waals surface area contributed by atoms with Crippen LogP contribution in [0.15, 0.2) is 18.2 Å². The first-order chi connectivity index (χ1) is 11.4. The summed E-state index contributed by atoms with van der Waals surface area (Å²) in [6.07, 6.45) is 0.941. The van der Waals surface area contributed by atoms with E-state index in [-0.39, 0.29) is 28.9 Å². The zero-order chi connectivity index (χ0) is 17.4. The molecule has 1 atom stereocenters. The predicted molar refractivity (Wildman–Crippen MR) is 84.2 cm³/mol. The second-order valence-electron chi connectivity index (χ2n) is 6.03. The van der Waals surface area contributed by atoms with E-state index in [2.05, 4.69) is 0 Å². The second kappa shape index (κ2) is 6.49. The Balaban J connectivity index is 1.75. The van der Waals surface area contributed by atoms with Crippen molar-refractivity contribution in [3.63, 3.8) is 0 Å². The number of carbonyl (C=O) groups excluding carboxylic acids is 2. The third-order valence-corrected chi connectivity index (χ3v) is 4.89. The number of aliphatic carboxylic acids is 1. The van der Waals surface area contributed by atoms with Crippen molar-refractivity contribution in [2.24, 2.45) is 5.92 Å². The highest BCUT2D eigenvalue weighted by Crippen LogP contribution is 2.30. The summed E-state index contributed by atoms with van der Waals surface area (Å²) in [6.45, 7) is 0.914. The molecule has 1 N–H and O–H groups in total. The first-order valence-corrected chi connectivity index (χ1v) is 8.05. The Hall–Kier alpha value is -1.99. The molecule has 0 unspecified atom stereocenters. The number of carbonyl (C=O) groups is 3. The molecular formula is C16H16ClFN2O4. The number of carboxylic acid groups (broad SMARTS) is 1. The summed E-state index contributed by atoms with van der Waals surface area (Å²) < 4.78 is 13.3. The van der Waals surface area contributed by atoms with Gasteiger partial charge in [0, 0.05) is 0 Å². The molecule has 2 heterocycles. The van der Waals surface area contributed by atoms with E-state index in [1.165, 1.54) is 12.1 Å². The molecule has 128 valence electrons. The smallest absolute Gasteiger partial charge is 0.306 e. The van der Waals surface area contributed by atoms with Crippen molar-refractivity contribution in [1.29, 1.82) is 0 Å². The van der Waals surface area contributed by atoms with E-state index in [1.807, 2.05) is 4.90 Å². The monoisotopic (exact) mass is 354 g/mol. The molecule has 1 aromatic rings. The average molecular weight is 355 g/mol. The van der Waals surface area contributed by atoms with Crippen LogP contribution < -0.4 is 4.90 Å². The van der Waals surface area contributed by atoms with Gasteiger partial charge in [0.05, 0.1) is 29.1 Å². The number of rotatable bonds is 3. The SMILES string of the molecule is O=C(O)C1CCN([C@@H]2CC(=O)N(c3ccc(F)c(Cl)c3)C2=O)CC1. The van der Waals surface area contributed by atoms with Crippen LogP contribution >= 0.6 is 11.6 Å². The molecule has 2 saturated heterocycles. The molecule has 0 aliphatic carbocycles. The largest absolute Gasteiger partial charge is 0.481 e. The molecule has 24 heavy (non-hydrogen) atoms. The van der Waals surface area contributed by atoms with Crippen LogP contribution in [-0.2, 0) is 14.4 Å². The lowest BCUT2D eigenvalue weighted by atomic mass is 9.96. The van der Waals surface area contributed by atoms with Gasteiger partial charge < -0.3 is 5.11 Å². The molecule has 2 amide bonds. The molecule has 0 bridgehead atoms. The van der Waals surface area contributed by atoms with Crippen molar-refractivity contribution in [2.45, 2.75) is 25.3 Å². The van der Waals surface area contributed by atoms with Gasteiger partial charge in [-0.05, 0) is 44.1 Å². The molecule has 2 fully saturated rings. The Morgan fingerprint density at radius 3 is 2.50 bits per heavy atom. The standard InChI is InChI=1S/C16H16ClFN2O4/c17-11-7-10(1-2-12(11)18)20-14(21)8-13(15(20)22)19-5-3-9(4-6-19)16(23)24/h1-2,7,9,13H,3-6,8H2,(H,23,24)/t13-/m1/s1. The number of hydrogen-bond acceptors (Lipinski definition) is 4. The lowest BCUT2D eigenvalue weighted by Crippen LogP contribution is -2.46. The number of nitrogens with zero attached hydrogens (tertiary/aromatic N) is 2. The van der Waals surface area contributed by atoms with E-state index in [4.69, 9.17) is 16.7 Å². The van der Waals surface area contributed by atoms with E-state index in [1.54, 1.807) is 0 Å². The Morgan fingerprint density at radius 2 is 1.92 bits per heavy atom. The highest BCUT2D eigenvalue weighted by atomic mass is 35.5. The third kappa shape index (κ3) is 3.01. The van der Waals surface area contributed by atoms with Crippen molar-refractivity contribution in [3.05, 3.63) is 29.0 Å². The van der Waals surface area contributed by atoms with Crippen molar-refractivity contribution >= 4 is 35.1 Å². The molecule has 0 saturated carbocycles. The van der Waals surface area contributed by atoms with Crippen LogP contribution in [0.25, 0.3) is 0 Å². The van der Waals surface area contributed by atoms with Crippen LogP contribution in [0.2, 0.25) is 5.02 Å². The van der Waals surface area contributed by atoms with Gasteiger partial charge in [-0.25, -0.2) is 9.29 Å². The topological polar surface area (TPSA) is 77.9 Å². The maximum absolute atomic E-state index is 13.3. The maximum Gasteiger partial charge on any atom is 0.306 e. The summed E-state index contributed by atoms with van der Waals surface area (Å²) in [5.41, 5.74) is 0.249. The predicted octanol–water partition coefficient (Wildman–Crippen LogP) is 1.91. The van der Waals surface area contributed by atoms with Crippen molar-refractivity contribution in [2.75, 3.05) is 18.0 Å². The van der Waals surface area contributed by atoms with Crippen molar-refractivity contribution in [1.82, 2.24) is 4.90 Å². The van der Waals surface area contributed by atoms with Crippen LogP contribution in [0.5, 0.6) is 0 Å². The highest BCUT2D eigenvalue weighted by Gasteiger charge is 2.44. The number of likely N-dealkylation sites (tertiary alicyclic amines) is 1. The number of amides is 2. The summed E-state index contributed by atoms with van der Waals surface area (Å²) >= 11 is 5.73. The quantitative estimate of drug-likeness (QED) is 0.839. The lowest BCUT2D eigenvalue weighted by Gasteiger charge is -2.33. The summed E-state index contributed by atoms with van der Waals surface area (Å²) in [6, 6.07) is 3.11. The van der Waals surface area contributed by atoms with Gasteiger partial charge in [-0.3, -0.25) is 19.3 Å². The van der Waals surface area contributed by atoms with E-state index < -0.39 is 23.7 Å². The van der Waals surface area contributed by atoms with E-state index >= 15 is 0 Å². The Morgan fingerprint density at radius 1 is 1.25 bits per heavy atom.